The Labute approximate surface area is 66.4 Å². The van der Waals surface area contributed by atoms with E-state index in [2.05, 4.69) is 30.6 Å². The Balaban J connectivity index is 2.18. The molecule has 0 amide bonds. The first kappa shape index (κ1) is 6.38. The zero-order valence-corrected chi connectivity index (χ0v) is 6.96. The van der Waals surface area contributed by atoms with Crippen molar-refractivity contribution < 1.29 is 0 Å². The predicted octanol–water partition coefficient (Wildman–Crippen LogP) is 1.07. The van der Waals surface area contributed by atoms with Gasteiger partial charge in [-0.3, -0.25) is 0 Å². The number of rotatable bonds is 0. The Morgan fingerprint density at radius 1 is 1.33 bits per heavy atom. The van der Waals surface area contributed by atoms with Crippen LogP contribution < -0.4 is 5.32 Å². The van der Waals surface area contributed by atoms with E-state index in [0.29, 0.717) is 12.1 Å². The van der Waals surface area contributed by atoms with Crippen molar-refractivity contribution in [3.63, 3.8) is 0 Å². The highest BCUT2D eigenvalue weighted by Crippen LogP contribution is 2.43. The van der Waals surface area contributed by atoms with Gasteiger partial charge in [-0.25, -0.2) is 0 Å². The summed E-state index contributed by atoms with van der Waals surface area (Å²) in [7, 11) is 0. The smallest absolute Gasteiger partial charge is 0.0718 e. The lowest BCUT2D eigenvalue weighted by molar-refractivity contribution is 0.566. The summed E-state index contributed by atoms with van der Waals surface area (Å²) in [6.07, 6.45) is 3.72. The second-order valence-corrected chi connectivity index (χ2v) is 5.03. The highest BCUT2D eigenvalue weighted by molar-refractivity contribution is 8.00. The van der Waals surface area contributed by atoms with Crippen LogP contribution in [0.4, 0.5) is 0 Å². The van der Waals surface area contributed by atoms with Gasteiger partial charge in [0, 0.05) is 12.1 Å². The molecule has 0 aromatic heterocycles. The molecule has 2 fully saturated rings. The van der Waals surface area contributed by atoms with Gasteiger partial charge in [0.2, 0.25) is 0 Å². The summed E-state index contributed by atoms with van der Waals surface area (Å²) in [5, 5.41) is 3.47. The molecule has 0 aromatic carbocycles. The Morgan fingerprint density at radius 2 is 2.11 bits per heavy atom. The van der Waals surface area contributed by atoms with Crippen molar-refractivity contribution in [1.82, 2.24) is 5.32 Å². The lowest BCUT2D eigenvalue weighted by Crippen LogP contribution is -2.31. The molecule has 0 aromatic rings. The van der Waals surface area contributed by atoms with E-state index in [-0.39, 0.29) is 4.08 Å². The zero-order valence-electron chi connectivity index (χ0n) is 5.17. The Hall–Kier alpha value is 0.660. The monoisotopic (exact) mass is 161 g/mol. The van der Waals surface area contributed by atoms with Crippen LogP contribution in [-0.2, 0) is 0 Å². The normalized spacial score (nSPS) is 46.0. The van der Waals surface area contributed by atoms with Gasteiger partial charge < -0.3 is 5.32 Å². The Morgan fingerprint density at radius 3 is 2.33 bits per heavy atom. The molecule has 52 valence electrons. The Kier molecular flexibility index (Phi) is 1.30. The first-order chi connectivity index (χ1) is 4.18. The molecular formula is C6H11NS2. The maximum atomic E-state index is 4.46. The van der Waals surface area contributed by atoms with E-state index in [1.54, 1.807) is 0 Å². The molecule has 2 heterocycles. The molecule has 2 saturated heterocycles. The minimum atomic E-state index is -0.0110. The molecule has 2 bridgehead atoms. The molecule has 9 heavy (non-hydrogen) atoms. The van der Waals surface area contributed by atoms with Crippen LogP contribution in [0.1, 0.15) is 19.3 Å². The predicted molar refractivity (Wildman–Crippen MR) is 45.3 cm³/mol. The number of hydrogen-bond donors (Lipinski definition) is 3. The Bertz CT molecular complexity index is 135. The first-order valence-electron chi connectivity index (χ1n) is 3.39. The fourth-order valence-electron chi connectivity index (χ4n) is 1.85. The van der Waals surface area contributed by atoms with E-state index < -0.39 is 0 Å². The quantitative estimate of drug-likeness (QED) is 0.356. The van der Waals surface area contributed by atoms with Crippen molar-refractivity contribution in [2.75, 3.05) is 0 Å². The van der Waals surface area contributed by atoms with E-state index in [4.69, 9.17) is 0 Å². The van der Waals surface area contributed by atoms with Crippen molar-refractivity contribution in [2.45, 2.75) is 35.4 Å². The van der Waals surface area contributed by atoms with Crippen molar-refractivity contribution in [3.8, 4) is 0 Å². The molecule has 1 N–H and O–H groups in total. The molecule has 0 radical (unpaired) electrons. The van der Waals surface area contributed by atoms with Crippen LogP contribution >= 0.6 is 25.3 Å². The molecule has 2 aliphatic rings. The van der Waals surface area contributed by atoms with Gasteiger partial charge in [-0.1, -0.05) is 0 Å². The topological polar surface area (TPSA) is 12.0 Å². The molecule has 1 nitrogen and oxygen atoms in total. The van der Waals surface area contributed by atoms with Crippen LogP contribution in [0.25, 0.3) is 0 Å². The minimum Gasteiger partial charge on any atom is -0.309 e. The molecule has 0 spiro atoms. The second kappa shape index (κ2) is 1.83. The van der Waals surface area contributed by atoms with E-state index in [1.807, 2.05) is 0 Å². The van der Waals surface area contributed by atoms with Crippen molar-refractivity contribution >= 4 is 25.3 Å². The van der Waals surface area contributed by atoms with Gasteiger partial charge in [0.25, 0.3) is 0 Å². The third-order valence-electron chi connectivity index (χ3n) is 2.35. The summed E-state index contributed by atoms with van der Waals surface area (Å²) in [5.41, 5.74) is 0. The molecule has 2 aliphatic heterocycles. The number of fused-ring (bicyclic) bond motifs is 2. The second-order valence-electron chi connectivity index (χ2n) is 3.08. The van der Waals surface area contributed by atoms with Crippen LogP contribution in [0.15, 0.2) is 0 Å². The summed E-state index contributed by atoms with van der Waals surface area (Å²) in [6, 6.07) is 1.28. The maximum Gasteiger partial charge on any atom is 0.0718 e. The van der Waals surface area contributed by atoms with Crippen LogP contribution in [0.5, 0.6) is 0 Å². The maximum absolute atomic E-state index is 4.46. The van der Waals surface area contributed by atoms with Gasteiger partial charge in [-0.2, -0.15) is 25.3 Å². The zero-order chi connectivity index (χ0) is 6.48. The standard InChI is InChI=1S/C6H11NS2/c8-6(9)3-4-1-2-5(6)7-4/h4-5,7-9H,1-3H2. The van der Waals surface area contributed by atoms with Crippen LogP contribution in [0.3, 0.4) is 0 Å². The SMILES string of the molecule is SC1(S)CC2CCC1N2. The summed E-state index contributed by atoms with van der Waals surface area (Å²) in [6.45, 7) is 0. The highest BCUT2D eigenvalue weighted by atomic mass is 32.2. The minimum absolute atomic E-state index is 0.0110. The van der Waals surface area contributed by atoms with Gasteiger partial charge in [-0.05, 0) is 19.3 Å². The van der Waals surface area contributed by atoms with Gasteiger partial charge in [0.1, 0.15) is 0 Å². The summed E-state index contributed by atoms with van der Waals surface area (Å²) < 4.78 is -0.0110. The molecule has 0 saturated carbocycles. The number of nitrogens with one attached hydrogen (secondary N) is 1. The molecular weight excluding hydrogens is 150 g/mol. The lowest BCUT2D eigenvalue weighted by Gasteiger charge is -2.25. The first-order valence-corrected chi connectivity index (χ1v) is 4.29. The van der Waals surface area contributed by atoms with Crippen LogP contribution in [0, 0.1) is 0 Å². The largest absolute Gasteiger partial charge is 0.309 e. The van der Waals surface area contributed by atoms with Crippen molar-refractivity contribution in [3.05, 3.63) is 0 Å². The molecule has 2 unspecified atom stereocenters. The third-order valence-corrected chi connectivity index (χ3v) is 3.33. The number of hydrogen-bond acceptors (Lipinski definition) is 3. The van der Waals surface area contributed by atoms with Gasteiger partial charge >= 0.3 is 0 Å². The molecule has 0 aliphatic carbocycles. The fraction of sp³-hybridized carbons (Fsp3) is 1.00. The summed E-state index contributed by atoms with van der Waals surface area (Å²) in [4.78, 5) is 0. The average Bonchev–Trinajstić information content (AvgIpc) is 2.19. The van der Waals surface area contributed by atoms with Crippen LogP contribution in [0.2, 0.25) is 0 Å². The van der Waals surface area contributed by atoms with E-state index in [0.717, 1.165) is 6.42 Å². The van der Waals surface area contributed by atoms with Gasteiger partial charge in [0.05, 0.1) is 4.08 Å². The van der Waals surface area contributed by atoms with E-state index in [1.165, 1.54) is 12.8 Å². The summed E-state index contributed by atoms with van der Waals surface area (Å²) >= 11 is 8.91. The average molecular weight is 161 g/mol. The molecule has 2 rings (SSSR count). The van der Waals surface area contributed by atoms with E-state index >= 15 is 0 Å². The molecule has 3 heteroatoms. The van der Waals surface area contributed by atoms with Crippen molar-refractivity contribution in [1.29, 1.82) is 0 Å². The van der Waals surface area contributed by atoms with E-state index in [9.17, 15) is 0 Å². The van der Waals surface area contributed by atoms with Gasteiger partial charge in [0.15, 0.2) is 0 Å². The third kappa shape index (κ3) is 0.900. The number of thiol groups is 2. The lowest BCUT2D eigenvalue weighted by atomic mass is 10.00. The van der Waals surface area contributed by atoms with Crippen molar-refractivity contribution in [2.24, 2.45) is 0 Å². The van der Waals surface area contributed by atoms with Crippen LogP contribution in [-0.4, -0.2) is 16.2 Å². The summed E-state index contributed by atoms with van der Waals surface area (Å²) in [5.74, 6) is 0. The highest BCUT2D eigenvalue weighted by Gasteiger charge is 2.46. The fourth-order valence-corrected chi connectivity index (χ4v) is 2.70. The van der Waals surface area contributed by atoms with Gasteiger partial charge in [-0.15, -0.1) is 0 Å². The molecule has 2 atom stereocenters.